The Kier molecular flexibility index (Phi) is 4.97. The molecule has 2 amide bonds. The number of halogens is 3. The molecule has 0 saturated heterocycles. The SMILES string of the molecule is CCn1ncc(NC(=O)N[C@H]2CCCC23CCCCC3)c1C(F)(F)F. The van der Waals surface area contributed by atoms with Gasteiger partial charge in [0.25, 0.3) is 0 Å². The molecule has 0 aliphatic heterocycles. The Hall–Kier alpha value is -1.73. The van der Waals surface area contributed by atoms with E-state index >= 15 is 0 Å². The third kappa shape index (κ3) is 3.62. The van der Waals surface area contributed by atoms with Crippen LogP contribution in [0, 0.1) is 5.41 Å². The first kappa shape index (κ1) is 18.1. The van der Waals surface area contributed by atoms with Gasteiger partial charge >= 0.3 is 12.2 Å². The Morgan fingerprint density at radius 3 is 2.60 bits per heavy atom. The highest BCUT2D eigenvalue weighted by Crippen LogP contribution is 2.49. The molecule has 2 N–H and O–H groups in total. The van der Waals surface area contributed by atoms with Crippen molar-refractivity contribution in [2.75, 3.05) is 5.32 Å². The summed E-state index contributed by atoms with van der Waals surface area (Å²) < 4.78 is 40.6. The highest BCUT2D eigenvalue weighted by atomic mass is 19.4. The van der Waals surface area contributed by atoms with E-state index in [2.05, 4.69) is 15.7 Å². The number of carbonyl (C=O) groups excluding carboxylic acids is 1. The first-order valence-corrected chi connectivity index (χ1v) is 9.06. The van der Waals surface area contributed by atoms with Gasteiger partial charge in [0.15, 0.2) is 5.69 Å². The van der Waals surface area contributed by atoms with Crippen LogP contribution in [0.2, 0.25) is 0 Å². The number of hydrogen-bond acceptors (Lipinski definition) is 2. The third-order valence-electron chi connectivity index (χ3n) is 5.72. The number of aromatic nitrogens is 2. The minimum Gasteiger partial charge on any atom is -0.335 e. The first-order valence-electron chi connectivity index (χ1n) is 9.06. The van der Waals surface area contributed by atoms with Crippen molar-refractivity contribution in [2.24, 2.45) is 5.41 Å². The summed E-state index contributed by atoms with van der Waals surface area (Å²) in [5.41, 5.74) is -1.07. The molecule has 2 aliphatic rings. The monoisotopic (exact) mass is 358 g/mol. The summed E-state index contributed by atoms with van der Waals surface area (Å²) in [6, 6.07) is -0.527. The molecule has 8 heteroatoms. The Bertz CT molecular complexity index is 620. The highest BCUT2D eigenvalue weighted by Gasteiger charge is 2.44. The van der Waals surface area contributed by atoms with Crippen LogP contribution < -0.4 is 10.6 Å². The number of amides is 2. The van der Waals surface area contributed by atoms with Crippen molar-refractivity contribution in [3.63, 3.8) is 0 Å². The van der Waals surface area contributed by atoms with Crippen molar-refractivity contribution in [3.05, 3.63) is 11.9 Å². The molecule has 1 aromatic heterocycles. The average molecular weight is 358 g/mol. The molecule has 3 rings (SSSR count). The second-order valence-electron chi connectivity index (χ2n) is 7.19. The summed E-state index contributed by atoms with van der Waals surface area (Å²) in [5.74, 6) is 0. The van der Waals surface area contributed by atoms with Crippen LogP contribution in [-0.4, -0.2) is 21.9 Å². The van der Waals surface area contributed by atoms with Gasteiger partial charge in [0.1, 0.15) is 0 Å². The number of hydrogen-bond donors (Lipinski definition) is 2. The van der Waals surface area contributed by atoms with Crippen molar-refractivity contribution < 1.29 is 18.0 Å². The lowest BCUT2D eigenvalue weighted by Gasteiger charge is -2.39. The molecule has 5 nitrogen and oxygen atoms in total. The van der Waals surface area contributed by atoms with Gasteiger partial charge in [-0.25, -0.2) is 4.79 Å². The van der Waals surface area contributed by atoms with E-state index in [4.69, 9.17) is 0 Å². The third-order valence-corrected chi connectivity index (χ3v) is 5.72. The zero-order valence-corrected chi connectivity index (χ0v) is 14.5. The quantitative estimate of drug-likeness (QED) is 0.833. The van der Waals surface area contributed by atoms with Gasteiger partial charge in [-0.15, -0.1) is 0 Å². The van der Waals surface area contributed by atoms with E-state index in [-0.39, 0.29) is 23.7 Å². The van der Waals surface area contributed by atoms with Crippen molar-refractivity contribution in [1.82, 2.24) is 15.1 Å². The van der Waals surface area contributed by atoms with Gasteiger partial charge in [-0.05, 0) is 38.0 Å². The maximum absolute atomic E-state index is 13.2. The minimum atomic E-state index is -4.56. The van der Waals surface area contributed by atoms with Gasteiger partial charge in [-0.2, -0.15) is 18.3 Å². The van der Waals surface area contributed by atoms with Gasteiger partial charge in [0.2, 0.25) is 0 Å². The maximum Gasteiger partial charge on any atom is 0.435 e. The molecule has 1 aromatic rings. The summed E-state index contributed by atoms with van der Waals surface area (Å²) in [5, 5.41) is 9.03. The summed E-state index contributed by atoms with van der Waals surface area (Å²) in [6.07, 6.45) is 5.32. The molecule has 0 radical (unpaired) electrons. The molecule has 2 fully saturated rings. The molecule has 2 saturated carbocycles. The summed E-state index contributed by atoms with van der Waals surface area (Å²) in [6.45, 7) is 1.67. The van der Waals surface area contributed by atoms with E-state index < -0.39 is 17.9 Å². The predicted octanol–water partition coefficient (Wildman–Crippen LogP) is 4.55. The Labute approximate surface area is 145 Å². The number of nitrogens with zero attached hydrogens (tertiary/aromatic N) is 2. The van der Waals surface area contributed by atoms with Crippen LogP contribution in [0.3, 0.4) is 0 Å². The van der Waals surface area contributed by atoms with E-state index in [1.165, 1.54) is 19.3 Å². The molecule has 0 unspecified atom stereocenters. The van der Waals surface area contributed by atoms with E-state index in [0.717, 1.165) is 43.0 Å². The predicted molar refractivity (Wildman–Crippen MR) is 88.2 cm³/mol. The number of aryl methyl sites for hydroxylation is 1. The number of alkyl halides is 3. The number of anilines is 1. The minimum absolute atomic E-state index is 0.0448. The van der Waals surface area contributed by atoms with E-state index in [0.29, 0.717) is 0 Å². The van der Waals surface area contributed by atoms with Gasteiger partial charge in [-0.1, -0.05) is 25.7 Å². The van der Waals surface area contributed by atoms with Crippen molar-refractivity contribution in [2.45, 2.75) is 77.1 Å². The van der Waals surface area contributed by atoms with E-state index in [9.17, 15) is 18.0 Å². The zero-order valence-electron chi connectivity index (χ0n) is 14.5. The lowest BCUT2D eigenvalue weighted by molar-refractivity contribution is -0.143. The fourth-order valence-corrected chi connectivity index (χ4v) is 4.55. The largest absolute Gasteiger partial charge is 0.435 e. The van der Waals surface area contributed by atoms with Crippen molar-refractivity contribution >= 4 is 11.7 Å². The topological polar surface area (TPSA) is 59.0 Å². The molecule has 2 aliphatic carbocycles. The summed E-state index contributed by atoms with van der Waals surface area (Å²) >= 11 is 0. The van der Waals surface area contributed by atoms with Crippen LogP contribution in [0.1, 0.15) is 64.0 Å². The van der Waals surface area contributed by atoms with Gasteiger partial charge in [0.05, 0.1) is 11.9 Å². The van der Waals surface area contributed by atoms with Gasteiger partial charge in [0, 0.05) is 12.6 Å². The van der Waals surface area contributed by atoms with Crippen LogP contribution >= 0.6 is 0 Å². The second-order valence-corrected chi connectivity index (χ2v) is 7.19. The number of urea groups is 1. The fourth-order valence-electron chi connectivity index (χ4n) is 4.55. The zero-order chi connectivity index (χ0) is 18.1. The van der Waals surface area contributed by atoms with Gasteiger partial charge < -0.3 is 10.6 Å². The standard InChI is InChI=1S/C17H25F3N4O/c1-2-24-14(17(18,19)20)12(11-21-24)22-15(25)23-13-7-6-10-16(13)8-4-3-5-9-16/h11,13H,2-10H2,1H3,(H2,22,23,25)/t13-/m0/s1. The Morgan fingerprint density at radius 2 is 1.96 bits per heavy atom. The highest BCUT2D eigenvalue weighted by molar-refractivity contribution is 5.90. The Balaban J connectivity index is 1.70. The fraction of sp³-hybridized carbons (Fsp3) is 0.765. The molecule has 0 bridgehead atoms. The first-order chi connectivity index (χ1) is 11.9. The molecule has 25 heavy (non-hydrogen) atoms. The van der Waals surface area contributed by atoms with Crippen LogP contribution in [0.4, 0.5) is 23.7 Å². The van der Waals surface area contributed by atoms with Crippen LogP contribution in [0.5, 0.6) is 0 Å². The second kappa shape index (κ2) is 6.88. The molecular weight excluding hydrogens is 333 g/mol. The number of rotatable bonds is 3. The Morgan fingerprint density at radius 1 is 1.28 bits per heavy atom. The molecular formula is C17H25F3N4O. The van der Waals surface area contributed by atoms with Crippen LogP contribution in [0.15, 0.2) is 6.20 Å². The lowest BCUT2D eigenvalue weighted by Crippen LogP contribution is -2.47. The van der Waals surface area contributed by atoms with E-state index in [1.54, 1.807) is 6.92 Å². The van der Waals surface area contributed by atoms with E-state index in [1.807, 2.05) is 0 Å². The number of nitrogens with one attached hydrogen (secondary N) is 2. The lowest BCUT2D eigenvalue weighted by atomic mass is 9.70. The molecule has 1 heterocycles. The van der Waals surface area contributed by atoms with Crippen molar-refractivity contribution in [3.8, 4) is 0 Å². The molecule has 0 aromatic carbocycles. The number of carbonyl (C=O) groups is 1. The maximum atomic E-state index is 13.2. The average Bonchev–Trinajstić information content (AvgIpc) is 3.12. The van der Waals surface area contributed by atoms with Crippen molar-refractivity contribution in [1.29, 1.82) is 0 Å². The summed E-state index contributed by atoms with van der Waals surface area (Å²) in [7, 11) is 0. The summed E-state index contributed by atoms with van der Waals surface area (Å²) in [4.78, 5) is 12.3. The molecule has 1 atom stereocenters. The molecule has 140 valence electrons. The van der Waals surface area contributed by atoms with Crippen LogP contribution in [0.25, 0.3) is 0 Å². The van der Waals surface area contributed by atoms with Gasteiger partial charge in [-0.3, -0.25) is 4.68 Å². The normalized spacial score (nSPS) is 23.0. The smallest absolute Gasteiger partial charge is 0.335 e. The van der Waals surface area contributed by atoms with Crippen LogP contribution in [-0.2, 0) is 12.7 Å². The molecule has 1 spiro atoms.